The van der Waals surface area contributed by atoms with Gasteiger partial charge >= 0.3 is 12.2 Å². The average molecular weight is 512 g/mol. The van der Waals surface area contributed by atoms with Crippen molar-refractivity contribution < 1.29 is 19.1 Å². The summed E-state index contributed by atoms with van der Waals surface area (Å²) >= 11 is 0. The van der Waals surface area contributed by atoms with Crippen LogP contribution in [0.15, 0.2) is 24.4 Å². The summed E-state index contributed by atoms with van der Waals surface area (Å²) in [4.78, 5) is 37.9. The van der Waals surface area contributed by atoms with Crippen LogP contribution in [-0.2, 0) is 9.47 Å². The van der Waals surface area contributed by atoms with Crippen LogP contribution in [0.3, 0.4) is 0 Å². The van der Waals surface area contributed by atoms with Gasteiger partial charge in [0.05, 0.1) is 6.61 Å². The van der Waals surface area contributed by atoms with Crippen LogP contribution in [0, 0.1) is 5.41 Å². The maximum Gasteiger partial charge on any atom is 0.410 e. The summed E-state index contributed by atoms with van der Waals surface area (Å²) in [5.74, 6) is 1.01. The summed E-state index contributed by atoms with van der Waals surface area (Å²) in [6.45, 7) is 14.7. The molecule has 1 aliphatic carbocycles. The first-order chi connectivity index (χ1) is 17.7. The number of piperazine rings is 1. The van der Waals surface area contributed by atoms with Crippen molar-refractivity contribution in [3.8, 4) is 0 Å². The Bertz CT molecular complexity index is 1040. The molecule has 4 aliphatic rings. The van der Waals surface area contributed by atoms with Crippen LogP contribution in [0.2, 0.25) is 0 Å². The number of amides is 2. The molecule has 1 saturated carbocycles. The number of hydrogen-bond acceptors (Lipinski definition) is 7. The summed E-state index contributed by atoms with van der Waals surface area (Å²) in [7, 11) is 0. The van der Waals surface area contributed by atoms with Gasteiger partial charge in [-0.2, -0.15) is 0 Å². The summed E-state index contributed by atoms with van der Waals surface area (Å²) in [5, 5.41) is 0. The Kier molecular flexibility index (Phi) is 7.09. The Morgan fingerprint density at radius 3 is 2.57 bits per heavy atom. The van der Waals surface area contributed by atoms with Crippen molar-refractivity contribution in [1.29, 1.82) is 0 Å². The largest absolute Gasteiger partial charge is 0.450 e. The lowest BCUT2D eigenvalue weighted by Gasteiger charge is -2.48. The van der Waals surface area contributed by atoms with Crippen LogP contribution in [0.1, 0.15) is 52.5 Å². The van der Waals surface area contributed by atoms with Crippen molar-refractivity contribution in [2.45, 2.75) is 58.6 Å². The van der Waals surface area contributed by atoms with Crippen LogP contribution < -0.4 is 4.90 Å². The van der Waals surface area contributed by atoms with E-state index in [2.05, 4.69) is 21.9 Å². The molecule has 1 spiro atoms. The lowest BCUT2D eigenvalue weighted by molar-refractivity contribution is -0.00295. The lowest BCUT2D eigenvalue weighted by atomic mass is 9.78. The van der Waals surface area contributed by atoms with Crippen molar-refractivity contribution in [2.24, 2.45) is 5.41 Å². The van der Waals surface area contributed by atoms with Crippen molar-refractivity contribution in [2.75, 3.05) is 63.9 Å². The van der Waals surface area contributed by atoms with Gasteiger partial charge in [-0.3, -0.25) is 4.90 Å². The maximum atomic E-state index is 12.6. The van der Waals surface area contributed by atoms with Crippen LogP contribution in [0.25, 0.3) is 5.57 Å². The summed E-state index contributed by atoms with van der Waals surface area (Å²) in [6, 6.07) is 4.68. The lowest BCUT2D eigenvalue weighted by Crippen LogP contribution is -2.58. The SMILES string of the molecule is CCOC(=O)N1CC2(CCC(N3CCN(c4ncccc4C4=CCN(C(=O)OC(C)(C)C)C4)CC3)C2)C1. The van der Waals surface area contributed by atoms with Crippen molar-refractivity contribution in [3.05, 3.63) is 30.0 Å². The summed E-state index contributed by atoms with van der Waals surface area (Å²) < 4.78 is 10.7. The number of anilines is 1. The van der Waals surface area contributed by atoms with Crippen LogP contribution in [0.5, 0.6) is 0 Å². The predicted molar refractivity (Wildman–Crippen MR) is 142 cm³/mol. The molecule has 1 atom stereocenters. The van der Waals surface area contributed by atoms with Crippen LogP contribution in [0.4, 0.5) is 15.4 Å². The number of likely N-dealkylation sites (tertiary alicyclic amines) is 1. The number of carbonyl (C=O) groups is 2. The molecule has 0 N–H and O–H groups in total. The number of hydrogen-bond donors (Lipinski definition) is 0. The van der Waals surface area contributed by atoms with E-state index in [0.717, 1.165) is 56.2 Å². The Hall–Kier alpha value is -2.81. The van der Waals surface area contributed by atoms with Crippen molar-refractivity contribution in [3.63, 3.8) is 0 Å². The van der Waals surface area contributed by atoms with Gasteiger partial charge in [0.1, 0.15) is 11.4 Å². The zero-order valence-electron chi connectivity index (χ0n) is 22.7. The molecule has 0 bridgehead atoms. The minimum Gasteiger partial charge on any atom is -0.450 e. The van der Waals surface area contributed by atoms with E-state index in [-0.39, 0.29) is 17.6 Å². The molecule has 1 unspecified atom stereocenters. The molecule has 3 aliphatic heterocycles. The molecule has 4 heterocycles. The van der Waals surface area contributed by atoms with Crippen molar-refractivity contribution in [1.82, 2.24) is 19.7 Å². The normalized spacial score (nSPS) is 23.7. The number of aromatic nitrogens is 1. The minimum absolute atomic E-state index is 0.164. The quantitative estimate of drug-likeness (QED) is 0.608. The van der Waals surface area contributed by atoms with Crippen LogP contribution in [-0.4, -0.2) is 102 Å². The second-order valence-corrected chi connectivity index (χ2v) is 11.9. The van der Waals surface area contributed by atoms with Gasteiger partial charge in [0.2, 0.25) is 0 Å². The summed E-state index contributed by atoms with van der Waals surface area (Å²) in [5.41, 5.74) is 2.02. The van der Waals surface area contributed by atoms with E-state index in [9.17, 15) is 9.59 Å². The zero-order chi connectivity index (χ0) is 26.2. The van der Waals surface area contributed by atoms with Gasteiger partial charge in [0, 0.05) is 75.6 Å². The molecule has 3 fully saturated rings. The zero-order valence-corrected chi connectivity index (χ0v) is 22.7. The number of ether oxygens (including phenoxy) is 2. The molecule has 0 aromatic carbocycles. The van der Waals surface area contributed by atoms with E-state index >= 15 is 0 Å². The van der Waals surface area contributed by atoms with E-state index in [1.54, 1.807) is 4.90 Å². The minimum atomic E-state index is -0.503. The monoisotopic (exact) mass is 511 g/mol. The van der Waals surface area contributed by atoms with Gasteiger partial charge in [-0.05, 0) is 64.7 Å². The third-order valence-electron chi connectivity index (χ3n) is 8.09. The first-order valence-corrected chi connectivity index (χ1v) is 13.7. The van der Waals surface area contributed by atoms with E-state index in [1.165, 1.54) is 19.3 Å². The molecular formula is C28H41N5O4. The smallest absolute Gasteiger partial charge is 0.410 e. The number of carbonyl (C=O) groups excluding carboxylic acids is 2. The maximum absolute atomic E-state index is 12.6. The highest BCUT2D eigenvalue weighted by Gasteiger charge is 2.51. The average Bonchev–Trinajstić information content (AvgIpc) is 3.51. The van der Waals surface area contributed by atoms with Crippen molar-refractivity contribution >= 4 is 23.6 Å². The molecule has 9 nitrogen and oxygen atoms in total. The highest BCUT2D eigenvalue weighted by atomic mass is 16.6. The number of nitrogens with zero attached hydrogens (tertiary/aromatic N) is 5. The van der Waals surface area contributed by atoms with Gasteiger partial charge in [0.25, 0.3) is 0 Å². The van der Waals surface area contributed by atoms with E-state index in [4.69, 9.17) is 14.5 Å². The number of pyridine rings is 1. The first kappa shape index (κ1) is 25.8. The first-order valence-electron chi connectivity index (χ1n) is 13.7. The highest BCUT2D eigenvalue weighted by molar-refractivity contribution is 5.81. The molecular weight excluding hydrogens is 470 g/mol. The third-order valence-corrected chi connectivity index (χ3v) is 8.09. The van der Waals surface area contributed by atoms with Gasteiger partial charge in [-0.25, -0.2) is 14.6 Å². The Labute approximate surface area is 220 Å². The number of rotatable bonds is 4. The molecule has 0 radical (unpaired) electrons. The second-order valence-electron chi connectivity index (χ2n) is 11.9. The highest BCUT2D eigenvalue weighted by Crippen LogP contribution is 2.47. The molecule has 37 heavy (non-hydrogen) atoms. The Morgan fingerprint density at radius 2 is 1.86 bits per heavy atom. The molecule has 1 aromatic rings. The van der Waals surface area contributed by atoms with Gasteiger partial charge in [-0.1, -0.05) is 6.08 Å². The van der Waals surface area contributed by atoms with Crippen LogP contribution >= 0.6 is 0 Å². The fraction of sp³-hybridized carbons (Fsp3) is 0.679. The fourth-order valence-electron chi connectivity index (χ4n) is 6.30. The molecule has 1 aromatic heterocycles. The van der Waals surface area contributed by atoms with Gasteiger partial charge in [0.15, 0.2) is 0 Å². The fourth-order valence-corrected chi connectivity index (χ4v) is 6.30. The van der Waals surface area contributed by atoms with E-state index in [1.807, 2.05) is 44.9 Å². The summed E-state index contributed by atoms with van der Waals surface area (Å²) in [6.07, 6.45) is 7.12. The molecule has 202 valence electrons. The molecule has 5 rings (SSSR count). The Morgan fingerprint density at radius 1 is 1.11 bits per heavy atom. The topological polar surface area (TPSA) is 78.5 Å². The van der Waals surface area contributed by atoms with E-state index in [0.29, 0.717) is 25.7 Å². The van der Waals surface area contributed by atoms with E-state index < -0.39 is 5.60 Å². The standard InChI is InChI=1S/C28H41N5O4/c1-5-36-25(34)33-19-28(20-33)10-8-22(17-28)30-13-15-31(16-14-30)24-23(7-6-11-29-24)21-9-12-32(18-21)26(35)37-27(2,3)4/h6-7,9,11,22H,5,8,10,12-20H2,1-4H3. The molecule has 2 saturated heterocycles. The van der Waals surface area contributed by atoms with Gasteiger partial charge in [-0.15, -0.1) is 0 Å². The molecule has 2 amide bonds. The Balaban J connectivity index is 1.15. The predicted octanol–water partition coefficient (Wildman–Crippen LogP) is 3.85. The second kappa shape index (κ2) is 10.2. The third kappa shape index (κ3) is 5.56. The van der Waals surface area contributed by atoms with Gasteiger partial charge < -0.3 is 24.2 Å². The molecule has 9 heteroatoms.